The lowest BCUT2D eigenvalue weighted by Gasteiger charge is -2.16. The maximum atomic E-state index is 9.97. The van der Waals surface area contributed by atoms with Gasteiger partial charge in [0.15, 0.2) is 0 Å². The monoisotopic (exact) mass is 236 g/mol. The second-order valence-electron chi connectivity index (χ2n) is 4.49. The van der Waals surface area contributed by atoms with Crippen LogP contribution < -0.4 is 0 Å². The van der Waals surface area contributed by atoms with Gasteiger partial charge < -0.3 is 5.11 Å². The average Bonchev–Trinajstić information content (AvgIpc) is 2.82. The fourth-order valence-electron chi connectivity index (χ4n) is 2.27. The Morgan fingerprint density at radius 3 is 2.69 bits per heavy atom. The summed E-state index contributed by atoms with van der Waals surface area (Å²) in [6.45, 7) is 2.03. The number of benzene rings is 1. The van der Waals surface area contributed by atoms with Gasteiger partial charge in [-0.2, -0.15) is 0 Å². The molecule has 0 heterocycles. The van der Waals surface area contributed by atoms with Crippen LogP contribution in [0, 0.1) is 0 Å². The van der Waals surface area contributed by atoms with Crippen molar-refractivity contribution in [3.63, 3.8) is 0 Å². The molecule has 1 N–H and O–H groups in total. The molecule has 2 rings (SSSR count). The van der Waals surface area contributed by atoms with Crippen LogP contribution in [-0.2, 0) is 0 Å². The molecule has 1 aliphatic rings. The zero-order valence-corrected chi connectivity index (χ0v) is 10.7. The van der Waals surface area contributed by atoms with Gasteiger partial charge in [0.05, 0.1) is 6.10 Å². The van der Waals surface area contributed by atoms with E-state index in [-0.39, 0.29) is 6.10 Å². The molecule has 0 aromatic heterocycles. The van der Waals surface area contributed by atoms with Crippen LogP contribution in [-0.4, -0.2) is 10.4 Å². The fourth-order valence-corrected chi connectivity index (χ4v) is 3.69. The zero-order valence-electron chi connectivity index (χ0n) is 9.86. The summed E-state index contributed by atoms with van der Waals surface area (Å²) in [6, 6.07) is 8.30. The van der Waals surface area contributed by atoms with Crippen molar-refractivity contribution in [2.45, 2.75) is 55.3 Å². The fraction of sp³-hybridized carbons (Fsp3) is 0.571. The third-order valence-electron chi connectivity index (χ3n) is 3.26. The Balaban J connectivity index is 2.12. The van der Waals surface area contributed by atoms with Crippen LogP contribution in [0.4, 0.5) is 0 Å². The van der Waals surface area contributed by atoms with Crippen molar-refractivity contribution < 1.29 is 5.11 Å². The van der Waals surface area contributed by atoms with E-state index in [9.17, 15) is 5.11 Å². The van der Waals surface area contributed by atoms with Gasteiger partial charge >= 0.3 is 0 Å². The molecule has 2 heteroatoms. The van der Waals surface area contributed by atoms with Gasteiger partial charge in [0, 0.05) is 10.1 Å². The van der Waals surface area contributed by atoms with Crippen molar-refractivity contribution >= 4 is 11.8 Å². The molecule has 1 saturated carbocycles. The highest BCUT2D eigenvalue weighted by Crippen LogP contribution is 2.38. The number of hydrogen-bond donors (Lipinski definition) is 1. The van der Waals surface area contributed by atoms with E-state index in [4.69, 9.17) is 0 Å². The van der Waals surface area contributed by atoms with Crippen molar-refractivity contribution in [3.8, 4) is 0 Å². The summed E-state index contributed by atoms with van der Waals surface area (Å²) in [5.41, 5.74) is 1.11. The van der Waals surface area contributed by atoms with Gasteiger partial charge in [-0.1, -0.05) is 38.0 Å². The smallest absolute Gasteiger partial charge is 0.0798 e. The van der Waals surface area contributed by atoms with E-state index in [2.05, 4.69) is 18.2 Å². The third-order valence-corrected chi connectivity index (χ3v) is 4.69. The second kappa shape index (κ2) is 5.74. The lowest BCUT2D eigenvalue weighted by atomic mass is 10.1. The normalized spacial score (nSPS) is 18.9. The maximum absolute atomic E-state index is 9.97. The Kier molecular flexibility index (Phi) is 4.30. The van der Waals surface area contributed by atoms with Crippen LogP contribution >= 0.6 is 11.8 Å². The minimum absolute atomic E-state index is 0.301. The molecule has 0 radical (unpaired) electrons. The SMILES string of the molecule is CC[C@@H](O)c1ccccc1SC1CCCC1. The Hall–Kier alpha value is -0.470. The number of thioether (sulfide) groups is 1. The van der Waals surface area contributed by atoms with E-state index in [1.165, 1.54) is 30.6 Å². The summed E-state index contributed by atoms with van der Waals surface area (Å²) < 4.78 is 0. The van der Waals surface area contributed by atoms with Gasteiger partial charge in [-0.25, -0.2) is 0 Å². The molecule has 0 saturated heterocycles. The quantitative estimate of drug-likeness (QED) is 0.847. The highest BCUT2D eigenvalue weighted by Gasteiger charge is 2.18. The molecule has 0 amide bonds. The van der Waals surface area contributed by atoms with Crippen LogP contribution in [0.25, 0.3) is 0 Å². The van der Waals surface area contributed by atoms with Crippen molar-refractivity contribution in [1.82, 2.24) is 0 Å². The van der Waals surface area contributed by atoms with Crippen molar-refractivity contribution in [2.24, 2.45) is 0 Å². The third kappa shape index (κ3) is 2.80. The lowest BCUT2D eigenvalue weighted by Crippen LogP contribution is -2.00. The van der Waals surface area contributed by atoms with E-state index in [0.717, 1.165) is 17.2 Å². The zero-order chi connectivity index (χ0) is 11.4. The standard InChI is InChI=1S/C14H20OS/c1-2-13(15)12-9-5-6-10-14(12)16-11-7-3-4-8-11/h5-6,9-11,13,15H,2-4,7-8H2,1H3/t13-/m1/s1. The minimum atomic E-state index is -0.301. The highest BCUT2D eigenvalue weighted by atomic mass is 32.2. The first-order valence-electron chi connectivity index (χ1n) is 6.25. The molecular formula is C14H20OS. The van der Waals surface area contributed by atoms with Crippen molar-refractivity contribution in [2.75, 3.05) is 0 Å². The number of hydrogen-bond acceptors (Lipinski definition) is 2. The maximum Gasteiger partial charge on any atom is 0.0798 e. The van der Waals surface area contributed by atoms with Gasteiger partial charge in [0.2, 0.25) is 0 Å². The predicted octanol–water partition coefficient (Wildman–Crippen LogP) is 4.16. The van der Waals surface area contributed by atoms with Gasteiger partial charge in [-0.05, 0) is 30.9 Å². The van der Waals surface area contributed by atoms with Gasteiger partial charge in [0.1, 0.15) is 0 Å². The van der Waals surface area contributed by atoms with Gasteiger partial charge in [0.25, 0.3) is 0 Å². The average molecular weight is 236 g/mol. The van der Waals surface area contributed by atoms with Crippen molar-refractivity contribution in [1.29, 1.82) is 0 Å². The van der Waals surface area contributed by atoms with E-state index in [1.807, 2.05) is 24.8 Å². The number of rotatable bonds is 4. The molecule has 0 spiro atoms. The molecule has 1 aromatic carbocycles. The molecule has 1 fully saturated rings. The predicted molar refractivity (Wildman–Crippen MR) is 69.8 cm³/mol. The number of aliphatic hydroxyl groups is 1. The Morgan fingerprint density at radius 1 is 1.31 bits per heavy atom. The molecule has 1 nitrogen and oxygen atoms in total. The second-order valence-corrected chi connectivity index (χ2v) is 5.83. The van der Waals surface area contributed by atoms with Crippen LogP contribution in [0.5, 0.6) is 0 Å². The van der Waals surface area contributed by atoms with Gasteiger partial charge in [-0.3, -0.25) is 0 Å². The van der Waals surface area contributed by atoms with E-state index in [1.54, 1.807) is 0 Å². The molecular weight excluding hydrogens is 216 g/mol. The summed E-state index contributed by atoms with van der Waals surface area (Å²) in [5, 5.41) is 10.7. The molecule has 0 aliphatic heterocycles. The van der Waals surface area contributed by atoms with E-state index in [0.29, 0.717) is 0 Å². The first kappa shape index (κ1) is 12.0. The van der Waals surface area contributed by atoms with Crippen molar-refractivity contribution in [3.05, 3.63) is 29.8 Å². The first-order chi connectivity index (χ1) is 7.81. The number of aliphatic hydroxyl groups excluding tert-OH is 1. The van der Waals surface area contributed by atoms with Crippen LogP contribution in [0.1, 0.15) is 50.7 Å². The molecule has 1 aromatic rings. The molecule has 1 atom stereocenters. The summed E-state index contributed by atoms with van der Waals surface area (Å²) in [6.07, 6.45) is 5.90. The highest BCUT2D eigenvalue weighted by molar-refractivity contribution is 8.00. The lowest BCUT2D eigenvalue weighted by molar-refractivity contribution is 0.171. The summed E-state index contributed by atoms with van der Waals surface area (Å²) >= 11 is 1.96. The summed E-state index contributed by atoms with van der Waals surface area (Å²) in [7, 11) is 0. The molecule has 88 valence electrons. The molecule has 0 bridgehead atoms. The van der Waals surface area contributed by atoms with Crippen LogP contribution in [0.3, 0.4) is 0 Å². The Morgan fingerprint density at radius 2 is 2.00 bits per heavy atom. The summed E-state index contributed by atoms with van der Waals surface area (Å²) in [4.78, 5) is 1.28. The topological polar surface area (TPSA) is 20.2 Å². The molecule has 1 aliphatic carbocycles. The minimum Gasteiger partial charge on any atom is -0.388 e. The largest absolute Gasteiger partial charge is 0.388 e. The Bertz CT molecular complexity index is 331. The van der Waals surface area contributed by atoms with E-state index >= 15 is 0 Å². The first-order valence-corrected chi connectivity index (χ1v) is 7.13. The van der Waals surface area contributed by atoms with E-state index < -0.39 is 0 Å². The molecule has 0 unspecified atom stereocenters. The van der Waals surface area contributed by atoms with Crippen LogP contribution in [0.2, 0.25) is 0 Å². The molecule has 16 heavy (non-hydrogen) atoms. The Labute approximate surface area is 102 Å². The van der Waals surface area contributed by atoms with Gasteiger partial charge in [-0.15, -0.1) is 11.8 Å². The van der Waals surface area contributed by atoms with Crippen LogP contribution in [0.15, 0.2) is 29.2 Å². The summed E-state index contributed by atoms with van der Waals surface area (Å²) in [5.74, 6) is 0.